The standard InChI is InChI=1S/C13H23NO3/c15-12(10-1-2-10)9-14-11-3-5-13(6-4-11)16-7-8-17-13/h10-12,14-15H,1-9H2. The van der Waals surface area contributed by atoms with Crippen LogP contribution in [0.2, 0.25) is 0 Å². The van der Waals surface area contributed by atoms with Crippen molar-refractivity contribution in [3.63, 3.8) is 0 Å². The van der Waals surface area contributed by atoms with Crippen LogP contribution in [0.3, 0.4) is 0 Å². The van der Waals surface area contributed by atoms with Crippen molar-refractivity contribution in [2.45, 2.75) is 56.5 Å². The van der Waals surface area contributed by atoms with Crippen LogP contribution < -0.4 is 5.32 Å². The normalized spacial score (nSPS) is 30.9. The summed E-state index contributed by atoms with van der Waals surface area (Å²) in [5.41, 5.74) is 0. The van der Waals surface area contributed by atoms with Crippen molar-refractivity contribution in [2.75, 3.05) is 19.8 Å². The summed E-state index contributed by atoms with van der Waals surface area (Å²) < 4.78 is 11.4. The summed E-state index contributed by atoms with van der Waals surface area (Å²) in [6, 6.07) is 0.529. The van der Waals surface area contributed by atoms with Gasteiger partial charge in [0.1, 0.15) is 0 Å². The number of hydrogen-bond donors (Lipinski definition) is 2. The zero-order valence-electron chi connectivity index (χ0n) is 10.4. The van der Waals surface area contributed by atoms with Crippen LogP contribution in [-0.2, 0) is 9.47 Å². The molecule has 3 rings (SSSR count). The number of rotatable bonds is 4. The number of hydrogen-bond acceptors (Lipinski definition) is 4. The van der Waals surface area contributed by atoms with Gasteiger partial charge in [0.2, 0.25) is 0 Å². The SMILES string of the molecule is OC(CNC1CCC2(CC1)OCCO2)C1CC1. The van der Waals surface area contributed by atoms with Gasteiger partial charge >= 0.3 is 0 Å². The first-order chi connectivity index (χ1) is 8.27. The molecule has 0 aromatic rings. The molecule has 98 valence electrons. The van der Waals surface area contributed by atoms with Gasteiger partial charge in [0.05, 0.1) is 19.3 Å². The fraction of sp³-hybridized carbons (Fsp3) is 1.00. The van der Waals surface area contributed by atoms with Crippen LogP contribution in [0, 0.1) is 5.92 Å². The molecule has 1 saturated heterocycles. The molecule has 1 atom stereocenters. The maximum atomic E-state index is 9.81. The van der Waals surface area contributed by atoms with E-state index in [-0.39, 0.29) is 11.9 Å². The molecule has 1 aliphatic heterocycles. The molecule has 3 fully saturated rings. The molecule has 1 spiro atoms. The van der Waals surface area contributed by atoms with E-state index in [2.05, 4.69) is 5.32 Å². The summed E-state index contributed by atoms with van der Waals surface area (Å²) in [5, 5.41) is 13.3. The van der Waals surface area contributed by atoms with E-state index in [0.717, 1.165) is 45.4 Å². The van der Waals surface area contributed by atoms with Gasteiger partial charge in [-0.15, -0.1) is 0 Å². The Labute approximate surface area is 103 Å². The molecule has 17 heavy (non-hydrogen) atoms. The number of aliphatic hydroxyl groups is 1. The Morgan fingerprint density at radius 1 is 1.12 bits per heavy atom. The predicted molar refractivity (Wildman–Crippen MR) is 63.6 cm³/mol. The van der Waals surface area contributed by atoms with Crippen LogP contribution in [0.5, 0.6) is 0 Å². The maximum absolute atomic E-state index is 9.81. The molecule has 4 nitrogen and oxygen atoms in total. The number of ether oxygens (including phenoxy) is 2. The second-order valence-corrected chi connectivity index (χ2v) is 5.69. The minimum atomic E-state index is -0.257. The molecule has 0 aromatic heterocycles. The largest absolute Gasteiger partial charge is 0.392 e. The Kier molecular flexibility index (Phi) is 3.39. The average molecular weight is 241 g/mol. The summed E-state index contributed by atoms with van der Waals surface area (Å²) in [5.74, 6) is 0.312. The smallest absolute Gasteiger partial charge is 0.168 e. The van der Waals surface area contributed by atoms with Crippen LogP contribution >= 0.6 is 0 Å². The third-order valence-electron chi connectivity index (χ3n) is 4.34. The first-order valence-electron chi connectivity index (χ1n) is 6.97. The third-order valence-corrected chi connectivity index (χ3v) is 4.34. The third kappa shape index (κ3) is 2.81. The van der Waals surface area contributed by atoms with Crippen molar-refractivity contribution in [3.05, 3.63) is 0 Å². The molecule has 0 radical (unpaired) electrons. The molecule has 2 N–H and O–H groups in total. The van der Waals surface area contributed by atoms with Crippen LogP contribution in [0.15, 0.2) is 0 Å². The quantitative estimate of drug-likeness (QED) is 0.772. The molecule has 1 heterocycles. The van der Waals surface area contributed by atoms with Gasteiger partial charge in [-0.3, -0.25) is 0 Å². The van der Waals surface area contributed by atoms with Crippen molar-refractivity contribution < 1.29 is 14.6 Å². The lowest BCUT2D eigenvalue weighted by Crippen LogP contribution is -2.44. The molecular formula is C13H23NO3. The topological polar surface area (TPSA) is 50.7 Å². The van der Waals surface area contributed by atoms with E-state index < -0.39 is 0 Å². The van der Waals surface area contributed by atoms with Crippen molar-refractivity contribution in [3.8, 4) is 0 Å². The minimum absolute atomic E-state index is 0.134. The lowest BCUT2D eigenvalue weighted by molar-refractivity contribution is -0.179. The van der Waals surface area contributed by atoms with E-state index >= 15 is 0 Å². The molecule has 1 unspecified atom stereocenters. The van der Waals surface area contributed by atoms with Gasteiger partial charge in [0, 0.05) is 25.4 Å². The second kappa shape index (κ2) is 4.84. The molecule has 0 aromatic carbocycles. The highest BCUT2D eigenvalue weighted by Gasteiger charge is 2.40. The highest BCUT2D eigenvalue weighted by Crippen LogP contribution is 2.36. The van der Waals surface area contributed by atoms with E-state index in [1.54, 1.807) is 0 Å². The lowest BCUT2D eigenvalue weighted by atomic mass is 9.90. The fourth-order valence-corrected chi connectivity index (χ4v) is 2.98. The van der Waals surface area contributed by atoms with E-state index in [4.69, 9.17) is 9.47 Å². The highest BCUT2D eigenvalue weighted by atomic mass is 16.7. The molecule has 0 bridgehead atoms. The van der Waals surface area contributed by atoms with E-state index in [0.29, 0.717) is 12.0 Å². The Bertz CT molecular complexity index is 249. The van der Waals surface area contributed by atoms with Crippen molar-refractivity contribution >= 4 is 0 Å². The lowest BCUT2D eigenvalue weighted by Gasteiger charge is -2.36. The highest BCUT2D eigenvalue weighted by molar-refractivity contribution is 4.87. The predicted octanol–water partition coefficient (Wildman–Crippen LogP) is 1.03. The Balaban J connectivity index is 1.39. The van der Waals surface area contributed by atoms with Crippen LogP contribution in [0.1, 0.15) is 38.5 Å². The van der Waals surface area contributed by atoms with E-state index in [1.165, 1.54) is 12.8 Å². The molecule has 3 aliphatic rings. The van der Waals surface area contributed by atoms with Gasteiger partial charge in [-0.25, -0.2) is 0 Å². The van der Waals surface area contributed by atoms with Gasteiger partial charge in [-0.05, 0) is 31.6 Å². The summed E-state index contributed by atoms with van der Waals surface area (Å²) in [6.07, 6.45) is 6.45. The van der Waals surface area contributed by atoms with Gasteiger partial charge in [0.15, 0.2) is 5.79 Å². The average Bonchev–Trinajstić information content (AvgIpc) is 3.11. The Morgan fingerprint density at radius 3 is 2.35 bits per heavy atom. The number of aliphatic hydroxyl groups excluding tert-OH is 1. The fourth-order valence-electron chi connectivity index (χ4n) is 2.98. The van der Waals surface area contributed by atoms with Crippen LogP contribution in [0.4, 0.5) is 0 Å². The molecule has 2 aliphatic carbocycles. The second-order valence-electron chi connectivity index (χ2n) is 5.69. The molecule has 2 saturated carbocycles. The minimum Gasteiger partial charge on any atom is -0.392 e. The molecular weight excluding hydrogens is 218 g/mol. The van der Waals surface area contributed by atoms with Crippen molar-refractivity contribution in [2.24, 2.45) is 5.92 Å². The van der Waals surface area contributed by atoms with Gasteiger partial charge in [0.25, 0.3) is 0 Å². The van der Waals surface area contributed by atoms with Crippen LogP contribution in [0.25, 0.3) is 0 Å². The van der Waals surface area contributed by atoms with Gasteiger partial charge in [-0.2, -0.15) is 0 Å². The summed E-state index contributed by atoms with van der Waals surface area (Å²) in [7, 11) is 0. The Hall–Kier alpha value is -0.160. The van der Waals surface area contributed by atoms with Crippen molar-refractivity contribution in [1.82, 2.24) is 5.32 Å². The van der Waals surface area contributed by atoms with Gasteiger partial charge < -0.3 is 19.9 Å². The van der Waals surface area contributed by atoms with E-state index in [1.807, 2.05) is 0 Å². The summed E-state index contributed by atoms with van der Waals surface area (Å²) in [4.78, 5) is 0. The summed E-state index contributed by atoms with van der Waals surface area (Å²) in [6.45, 7) is 2.25. The zero-order chi connectivity index (χ0) is 11.7. The number of nitrogens with one attached hydrogen (secondary N) is 1. The maximum Gasteiger partial charge on any atom is 0.168 e. The molecule has 4 heteroatoms. The van der Waals surface area contributed by atoms with Crippen LogP contribution in [-0.4, -0.2) is 42.8 Å². The van der Waals surface area contributed by atoms with Gasteiger partial charge in [-0.1, -0.05) is 0 Å². The summed E-state index contributed by atoms with van der Waals surface area (Å²) >= 11 is 0. The van der Waals surface area contributed by atoms with Crippen molar-refractivity contribution in [1.29, 1.82) is 0 Å². The molecule has 0 amide bonds. The van der Waals surface area contributed by atoms with E-state index in [9.17, 15) is 5.11 Å². The first kappa shape index (κ1) is 11.9. The Morgan fingerprint density at radius 2 is 1.76 bits per heavy atom. The zero-order valence-corrected chi connectivity index (χ0v) is 10.4. The first-order valence-corrected chi connectivity index (χ1v) is 6.97. The monoisotopic (exact) mass is 241 g/mol.